The average Bonchev–Trinajstić information content (AvgIpc) is 2.91. The lowest BCUT2D eigenvalue weighted by atomic mass is 10.2. The van der Waals surface area contributed by atoms with Gasteiger partial charge in [0.1, 0.15) is 4.88 Å². The molecule has 0 bridgehead atoms. The van der Waals surface area contributed by atoms with E-state index in [0.29, 0.717) is 16.1 Å². The highest BCUT2D eigenvalue weighted by atomic mass is 35.5. The van der Waals surface area contributed by atoms with Crippen LogP contribution in [0.4, 0.5) is 5.69 Å². The number of rotatable bonds is 4. The summed E-state index contributed by atoms with van der Waals surface area (Å²) in [7, 11) is 0. The molecule has 3 aromatic rings. The van der Waals surface area contributed by atoms with Gasteiger partial charge in [-0.25, -0.2) is 9.78 Å². The molecule has 25 heavy (non-hydrogen) atoms. The van der Waals surface area contributed by atoms with E-state index in [2.05, 4.69) is 10.3 Å². The highest BCUT2D eigenvalue weighted by Gasteiger charge is 2.20. The third-order valence-corrected chi connectivity index (χ3v) is 5.32. The van der Waals surface area contributed by atoms with Crippen LogP contribution in [0.3, 0.4) is 0 Å². The van der Waals surface area contributed by atoms with Crippen molar-refractivity contribution < 1.29 is 14.3 Å². The van der Waals surface area contributed by atoms with Crippen LogP contribution in [-0.4, -0.2) is 23.5 Å². The second-order valence-electron chi connectivity index (χ2n) is 4.85. The van der Waals surface area contributed by atoms with E-state index in [9.17, 15) is 9.59 Å². The number of esters is 1. The molecule has 1 amide bonds. The van der Waals surface area contributed by atoms with Gasteiger partial charge in [-0.05, 0) is 24.3 Å². The molecule has 128 valence electrons. The fourth-order valence-electron chi connectivity index (χ4n) is 2.03. The number of nitrogens with one attached hydrogen (secondary N) is 1. The van der Waals surface area contributed by atoms with Crippen LogP contribution in [0.25, 0.3) is 10.1 Å². The van der Waals surface area contributed by atoms with Crippen molar-refractivity contribution in [2.24, 2.45) is 0 Å². The van der Waals surface area contributed by atoms with Crippen LogP contribution in [-0.2, 0) is 9.53 Å². The topological polar surface area (TPSA) is 68.3 Å². The van der Waals surface area contributed by atoms with Gasteiger partial charge in [-0.15, -0.1) is 11.3 Å². The summed E-state index contributed by atoms with van der Waals surface area (Å²) >= 11 is 19.1. The molecular weight excluding hydrogens is 407 g/mol. The van der Waals surface area contributed by atoms with Crippen LogP contribution in [0.15, 0.2) is 36.5 Å². The molecule has 1 N–H and O–H groups in total. The Morgan fingerprint density at radius 2 is 2.00 bits per heavy atom. The third-order valence-electron chi connectivity index (χ3n) is 3.14. The first-order valence-electron chi connectivity index (χ1n) is 6.90. The average molecular weight is 416 g/mol. The molecule has 2 aromatic heterocycles. The predicted octanol–water partition coefficient (Wildman–Crippen LogP) is 5.05. The predicted molar refractivity (Wildman–Crippen MR) is 100 cm³/mol. The van der Waals surface area contributed by atoms with Crippen molar-refractivity contribution in [3.63, 3.8) is 0 Å². The molecule has 0 saturated carbocycles. The number of fused-ring (bicyclic) bond motifs is 1. The van der Waals surface area contributed by atoms with Gasteiger partial charge in [-0.3, -0.25) is 4.79 Å². The number of aromatic nitrogens is 1. The Kier molecular flexibility index (Phi) is 5.44. The quantitative estimate of drug-likeness (QED) is 0.478. The Hall–Kier alpha value is -1.86. The number of benzene rings is 1. The number of pyridine rings is 1. The number of carbonyl (C=O) groups is 2. The number of carbonyl (C=O) groups excluding carboxylic acids is 2. The normalized spacial score (nSPS) is 10.7. The summed E-state index contributed by atoms with van der Waals surface area (Å²) in [6, 6.07) is 8.33. The molecule has 2 heterocycles. The van der Waals surface area contributed by atoms with Crippen molar-refractivity contribution >= 4 is 73.8 Å². The lowest BCUT2D eigenvalue weighted by Crippen LogP contribution is -2.21. The van der Waals surface area contributed by atoms with E-state index < -0.39 is 18.5 Å². The van der Waals surface area contributed by atoms with Crippen molar-refractivity contribution in [3.05, 3.63) is 56.6 Å². The summed E-state index contributed by atoms with van der Waals surface area (Å²) in [6.45, 7) is -0.477. The molecule has 0 fully saturated rings. The van der Waals surface area contributed by atoms with Crippen LogP contribution in [0, 0.1) is 0 Å². The van der Waals surface area contributed by atoms with Gasteiger partial charge >= 0.3 is 5.97 Å². The number of thiophene rings is 1. The Bertz CT molecular complexity index is 974. The highest BCUT2D eigenvalue weighted by molar-refractivity contribution is 7.21. The molecule has 0 aliphatic rings. The minimum Gasteiger partial charge on any atom is -0.451 e. The molecule has 0 radical (unpaired) electrons. The molecule has 0 aliphatic heterocycles. The Labute approximate surface area is 161 Å². The Morgan fingerprint density at radius 3 is 2.76 bits per heavy atom. The number of nitrogens with zero attached hydrogens (tertiary/aromatic N) is 1. The highest BCUT2D eigenvalue weighted by Crippen LogP contribution is 2.37. The number of hydrogen-bond acceptors (Lipinski definition) is 5. The molecular formula is C16H9Cl3N2O3S. The van der Waals surface area contributed by atoms with Gasteiger partial charge in [-0.2, -0.15) is 0 Å². The largest absolute Gasteiger partial charge is 0.451 e. The van der Waals surface area contributed by atoms with Crippen LogP contribution in [0.5, 0.6) is 0 Å². The maximum atomic E-state index is 12.2. The zero-order valence-corrected chi connectivity index (χ0v) is 15.5. The maximum absolute atomic E-state index is 12.2. The monoisotopic (exact) mass is 414 g/mol. The van der Waals surface area contributed by atoms with Crippen LogP contribution in [0.1, 0.15) is 9.67 Å². The van der Waals surface area contributed by atoms with Gasteiger partial charge in [0.25, 0.3) is 5.91 Å². The fourth-order valence-corrected chi connectivity index (χ4v) is 3.88. The van der Waals surface area contributed by atoms with E-state index >= 15 is 0 Å². The summed E-state index contributed by atoms with van der Waals surface area (Å²) in [5.41, 5.74) is 0.333. The minimum absolute atomic E-state index is 0.145. The second-order valence-corrected chi connectivity index (χ2v) is 7.08. The first-order valence-corrected chi connectivity index (χ1v) is 8.86. The second kappa shape index (κ2) is 7.58. The van der Waals surface area contributed by atoms with Crippen LogP contribution in [0.2, 0.25) is 15.2 Å². The molecule has 9 heteroatoms. The lowest BCUT2D eigenvalue weighted by molar-refractivity contribution is -0.119. The van der Waals surface area contributed by atoms with E-state index in [1.54, 1.807) is 30.3 Å². The van der Waals surface area contributed by atoms with Crippen LogP contribution >= 0.6 is 46.1 Å². The first-order chi connectivity index (χ1) is 12.0. The van der Waals surface area contributed by atoms with Crippen molar-refractivity contribution in [3.8, 4) is 0 Å². The maximum Gasteiger partial charge on any atom is 0.350 e. The zero-order valence-electron chi connectivity index (χ0n) is 12.4. The molecule has 0 unspecified atom stereocenters. The number of ether oxygens (including phenoxy) is 1. The van der Waals surface area contributed by atoms with Crippen molar-refractivity contribution in [1.82, 2.24) is 4.98 Å². The SMILES string of the molecule is O=C(COC(=O)c1sc2cc(Cl)ccc2c1Cl)Nc1cccnc1Cl. The first kappa shape index (κ1) is 17.9. The number of anilines is 1. The smallest absolute Gasteiger partial charge is 0.350 e. The van der Waals surface area contributed by atoms with Gasteiger partial charge in [-0.1, -0.05) is 40.9 Å². The molecule has 0 spiro atoms. The van der Waals surface area contributed by atoms with Gasteiger partial charge in [0.2, 0.25) is 0 Å². The number of halogens is 3. The summed E-state index contributed by atoms with van der Waals surface area (Å²) < 4.78 is 5.78. The molecule has 5 nitrogen and oxygen atoms in total. The van der Waals surface area contributed by atoms with E-state index in [1.165, 1.54) is 6.20 Å². The third kappa shape index (κ3) is 4.04. The zero-order chi connectivity index (χ0) is 18.0. The number of amides is 1. The van der Waals surface area contributed by atoms with Crippen molar-refractivity contribution in [1.29, 1.82) is 0 Å². The fraction of sp³-hybridized carbons (Fsp3) is 0.0625. The Morgan fingerprint density at radius 1 is 1.20 bits per heavy atom. The van der Waals surface area contributed by atoms with E-state index in [4.69, 9.17) is 39.5 Å². The number of hydrogen-bond donors (Lipinski definition) is 1. The summed E-state index contributed by atoms with van der Waals surface area (Å²) in [6.07, 6.45) is 1.49. The van der Waals surface area contributed by atoms with E-state index in [0.717, 1.165) is 16.0 Å². The van der Waals surface area contributed by atoms with Crippen LogP contribution < -0.4 is 5.32 Å². The van der Waals surface area contributed by atoms with Gasteiger partial charge in [0.05, 0.1) is 10.7 Å². The summed E-state index contributed by atoms with van der Waals surface area (Å²) in [5.74, 6) is -1.22. The van der Waals surface area contributed by atoms with E-state index in [-0.39, 0.29) is 15.1 Å². The molecule has 1 aromatic carbocycles. The molecule has 0 atom stereocenters. The standard InChI is InChI=1S/C16H9Cl3N2O3S/c17-8-3-4-9-11(6-8)25-14(13(9)18)16(23)24-7-12(22)21-10-2-1-5-20-15(10)19/h1-6H,7H2,(H,21,22). The van der Waals surface area contributed by atoms with Gasteiger partial charge in [0, 0.05) is 21.3 Å². The lowest BCUT2D eigenvalue weighted by Gasteiger charge is -2.06. The summed E-state index contributed by atoms with van der Waals surface area (Å²) in [5, 5.41) is 4.17. The molecule has 0 saturated heterocycles. The van der Waals surface area contributed by atoms with Crippen molar-refractivity contribution in [2.75, 3.05) is 11.9 Å². The van der Waals surface area contributed by atoms with Gasteiger partial charge < -0.3 is 10.1 Å². The van der Waals surface area contributed by atoms with E-state index in [1.807, 2.05) is 0 Å². The Balaban J connectivity index is 1.67. The van der Waals surface area contributed by atoms with Gasteiger partial charge in [0.15, 0.2) is 11.8 Å². The molecule has 0 aliphatic carbocycles. The summed E-state index contributed by atoms with van der Waals surface area (Å²) in [4.78, 5) is 28.1. The van der Waals surface area contributed by atoms with Crippen molar-refractivity contribution in [2.45, 2.75) is 0 Å². The molecule has 3 rings (SSSR count). The minimum atomic E-state index is -0.685.